The summed E-state index contributed by atoms with van der Waals surface area (Å²) in [7, 11) is 1.76. The Morgan fingerprint density at radius 2 is 2.14 bits per heavy atom. The van der Waals surface area contributed by atoms with Crippen molar-refractivity contribution in [3.8, 4) is 0 Å². The van der Waals surface area contributed by atoms with Crippen LogP contribution in [-0.4, -0.2) is 58.3 Å². The van der Waals surface area contributed by atoms with E-state index in [2.05, 4.69) is 29.8 Å². The summed E-state index contributed by atoms with van der Waals surface area (Å²) in [5.41, 5.74) is 8.85. The summed E-state index contributed by atoms with van der Waals surface area (Å²) in [5, 5.41) is 14.9. The molecule has 10 nitrogen and oxygen atoms in total. The molecule has 0 unspecified atom stereocenters. The molecular formula is C25H34N8O2. The van der Waals surface area contributed by atoms with E-state index < -0.39 is 5.91 Å². The number of anilines is 2. The van der Waals surface area contributed by atoms with Gasteiger partial charge in [-0.2, -0.15) is 19.6 Å². The van der Waals surface area contributed by atoms with Crippen molar-refractivity contribution >= 4 is 29.5 Å². The van der Waals surface area contributed by atoms with Crippen LogP contribution in [-0.2, 0) is 16.1 Å². The molecule has 3 heterocycles. The molecule has 3 aromatic rings. The number of piperidine rings is 1. The number of fused-ring (bicyclic) bond motifs is 1. The summed E-state index contributed by atoms with van der Waals surface area (Å²) in [6, 6.07) is 9.81. The summed E-state index contributed by atoms with van der Waals surface area (Å²) in [5.74, 6) is 1.29. The van der Waals surface area contributed by atoms with Gasteiger partial charge in [0.2, 0.25) is 17.8 Å². The largest absolute Gasteiger partial charge is 0.380 e. The minimum Gasteiger partial charge on any atom is -0.380 e. The van der Waals surface area contributed by atoms with Crippen molar-refractivity contribution in [1.82, 2.24) is 24.9 Å². The van der Waals surface area contributed by atoms with Crippen molar-refractivity contribution in [3.05, 3.63) is 53.2 Å². The van der Waals surface area contributed by atoms with Gasteiger partial charge in [0.1, 0.15) is 0 Å². The Morgan fingerprint density at radius 1 is 1.31 bits per heavy atom. The van der Waals surface area contributed by atoms with E-state index in [4.69, 9.17) is 25.5 Å². The van der Waals surface area contributed by atoms with E-state index in [0.717, 1.165) is 48.5 Å². The standard InChI is InChI=1S/C25H34N8O2/c1-16(2)20-12-23-30-24(28-14-19-10-11-27-15-21(19)35-3)31-25(33(23)32-20)29-13-18-7-5-4-6-17(18)8-9-22(26)34/h4-9,12,16,19,21,27H,10-11,13-15H2,1-3H3,(H2,26,34)(H2,28,29,30,31)/b9-8+/t19-,21+/m1/s1. The first-order valence-electron chi connectivity index (χ1n) is 12.0. The van der Waals surface area contributed by atoms with Crippen molar-refractivity contribution in [3.63, 3.8) is 0 Å². The average Bonchev–Trinajstić information content (AvgIpc) is 3.30. The van der Waals surface area contributed by atoms with Crippen LogP contribution < -0.4 is 21.7 Å². The van der Waals surface area contributed by atoms with Gasteiger partial charge in [-0.05, 0) is 36.1 Å². The Morgan fingerprint density at radius 3 is 2.91 bits per heavy atom. The lowest BCUT2D eigenvalue weighted by molar-refractivity contribution is -0.113. The van der Waals surface area contributed by atoms with Crippen LogP contribution in [0.2, 0.25) is 0 Å². The Kier molecular flexibility index (Phi) is 7.94. The molecule has 0 radical (unpaired) electrons. The Balaban J connectivity index is 1.58. The zero-order chi connectivity index (χ0) is 24.8. The first-order chi connectivity index (χ1) is 16.9. The Bertz CT molecular complexity index is 1190. The molecule has 2 aromatic heterocycles. The third-order valence-corrected chi connectivity index (χ3v) is 6.24. The molecule has 1 aliphatic heterocycles. The highest BCUT2D eigenvalue weighted by molar-refractivity contribution is 5.90. The summed E-state index contributed by atoms with van der Waals surface area (Å²) < 4.78 is 7.39. The fraction of sp³-hybridized carbons (Fsp3) is 0.440. The SMILES string of the molecule is CO[C@H]1CNCC[C@@H]1CNc1nc(NCc2ccccc2/C=C/C(N)=O)n2nc(C(C)C)cc2n1. The summed E-state index contributed by atoms with van der Waals surface area (Å²) >= 11 is 0. The van der Waals surface area contributed by atoms with Gasteiger partial charge in [0.25, 0.3) is 0 Å². The van der Waals surface area contributed by atoms with E-state index in [-0.39, 0.29) is 12.0 Å². The van der Waals surface area contributed by atoms with Crippen LogP contribution in [0.25, 0.3) is 11.7 Å². The lowest BCUT2D eigenvalue weighted by Gasteiger charge is -2.31. The summed E-state index contributed by atoms with van der Waals surface area (Å²) in [6.45, 7) is 7.24. The molecule has 4 rings (SSSR count). The fourth-order valence-corrected chi connectivity index (χ4v) is 4.20. The molecule has 1 aromatic carbocycles. The third kappa shape index (κ3) is 6.14. The van der Waals surface area contributed by atoms with Gasteiger partial charge in [-0.25, -0.2) is 0 Å². The molecule has 186 valence electrons. The zero-order valence-corrected chi connectivity index (χ0v) is 20.5. The monoisotopic (exact) mass is 478 g/mol. The van der Waals surface area contributed by atoms with Crippen LogP contribution in [0.1, 0.15) is 43.0 Å². The second-order valence-corrected chi connectivity index (χ2v) is 9.06. The van der Waals surface area contributed by atoms with E-state index >= 15 is 0 Å². The number of nitrogens with one attached hydrogen (secondary N) is 3. The number of ether oxygens (including phenoxy) is 1. The molecule has 1 fully saturated rings. The zero-order valence-electron chi connectivity index (χ0n) is 20.5. The van der Waals surface area contributed by atoms with Crippen LogP contribution in [0.15, 0.2) is 36.4 Å². The van der Waals surface area contributed by atoms with Crippen LogP contribution in [0, 0.1) is 5.92 Å². The van der Waals surface area contributed by atoms with Gasteiger partial charge in [-0.15, -0.1) is 0 Å². The number of rotatable bonds is 10. The molecule has 0 bridgehead atoms. The minimum atomic E-state index is -0.483. The fourth-order valence-electron chi connectivity index (χ4n) is 4.20. The number of nitrogens with zero attached hydrogens (tertiary/aromatic N) is 4. The molecule has 1 aliphatic rings. The van der Waals surface area contributed by atoms with E-state index in [1.54, 1.807) is 17.7 Å². The van der Waals surface area contributed by atoms with E-state index in [0.29, 0.717) is 24.4 Å². The van der Waals surface area contributed by atoms with Crippen molar-refractivity contribution < 1.29 is 9.53 Å². The van der Waals surface area contributed by atoms with E-state index in [1.807, 2.05) is 30.3 Å². The second kappa shape index (κ2) is 11.3. The van der Waals surface area contributed by atoms with Gasteiger partial charge in [-0.1, -0.05) is 38.1 Å². The predicted molar refractivity (Wildman–Crippen MR) is 137 cm³/mol. The molecule has 1 amide bonds. The highest BCUT2D eigenvalue weighted by atomic mass is 16.5. The first kappa shape index (κ1) is 24.6. The summed E-state index contributed by atoms with van der Waals surface area (Å²) in [4.78, 5) is 20.7. The number of nitrogens with two attached hydrogens (primary N) is 1. The van der Waals surface area contributed by atoms with Crippen LogP contribution in [0.4, 0.5) is 11.9 Å². The molecule has 35 heavy (non-hydrogen) atoms. The number of aromatic nitrogens is 4. The van der Waals surface area contributed by atoms with E-state index in [9.17, 15) is 4.79 Å². The second-order valence-electron chi connectivity index (χ2n) is 9.06. The van der Waals surface area contributed by atoms with Gasteiger partial charge in [0, 0.05) is 44.8 Å². The number of amides is 1. The number of benzene rings is 1. The smallest absolute Gasteiger partial charge is 0.241 e. The number of carbonyl (C=O) groups is 1. The maximum Gasteiger partial charge on any atom is 0.241 e. The number of carbonyl (C=O) groups excluding carboxylic acids is 1. The maximum atomic E-state index is 11.2. The normalized spacial score (nSPS) is 18.4. The highest BCUT2D eigenvalue weighted by Crippen LogP contribution is 2.21. The Hall–Kier alpha value is -3.50. The topological polar surface area (TPSA) is 131 Å². The molecule has 1 saturated heterocycles. The van der Waals surface area contributed by atoms with Crippen molar-refractivity contribution in [1.29, 1.82) is 0 Å². The lowest BCUT2D eigenvalue weighted by atomic mass is 9.95. The molecular weight excluding hydrogens is 444 g/mol. The number of methoxy groups -OCH3 is 1. The molecule has 0 spiro atoms. The third-order valence-electron chi connectivity index (χ3n) is 6.24. The quantitative estimate of drug-likeness (QED) is 0.327. The van der Waals surface area contributed by atoms with Gasteiger partial charge < -0.3 is 26.4 Å². The van der Waals surface area contributed by atoms with Crippen molar-refractivity contribution in [2.45, 2.75) is 38.8 Å². The van der Waals surface area contributed by atoms with Crippen molar-refractivity contribution in [2.75, 3.05) is 37.4 Å². The van der Waals surface area contributed by atoms with Gasteiger partial charge in [-0.3, -0.25) is 4.79 Å². The van der Waals surface area contributed by atoms with Gasteiger partial charge >= 0.3 is 0 Å². The van der Waals surface area contributed by atoms with Crippen LogP contribution in [0.5, 0.6) is 0 Å². The summed E-state index contributed by atoms with van der Waals surface area (Å²) in [6.07, 6.45) is 4.27. The van der Waals surface area contributed by atoms with Crippen molar-refractivity contribution in [2.24, 2.45) is 11.7 Å². The Labute approximate surface area is 205 Å². The van der Waals surface area contributed by atoms with Crippen LogP contribution >= 0.6 is 0 Å². The van der Waals surface area contributed by atoms with E-state index in [1.165, 1.54) is 6.08 Å². The molecule has 2 atom stereocenters. The average molecular weight is 479 g/mol. The minimum absolute atomic E-state index is 0.157. The predicted octanol–water partition coefficient (Wildman–Crippen LogP) is 2.39. The van der Waals surface area contributed by atoms with Crippen LogP contribution in [0.3, 0.4) is 0 Å². The first-order valence-corrected chi connectivity index (χ1v) is 12.0. The molecule has 0 saturated carbocycles. The molecule has 5 N–H and O–H groups in total. The molecule has 0 aliphatic carbocycles. The molecule has 10 heteroatoms. The number of hydrogen-bond acceptors (Lipinski definition) is 8. The maximum absolute atomic E-state index is 11.2. The highest BCUT2D eigenvalue weighted by Gasteiger charge is 2.25. The number of primary amides is 1. The lowest BCUT2D eigenvalue weighted by Crippen LogP contribution is -2.44. The number of hydrogen-bond donors (Lipinski definition) is 4. The van der Waals surface area contributed by atoms with Gasteiger partial charge in [0.05, 0.1) is 11.8 Å². The van der Waals surface area contributed by atoms with Gasteiger partial charge in [0.15, 0.2) is 5.65 Å².